The molecular weight excluding hydrogens is 312 g/mol. The van der Waals surface area contributed by atoms with Crippen LogP contribution in [0.5, 0.6) is 0 Å². The Morgan fingerprint density at radius 3 is 2.39 bits per heavy atom. The minimum atomic E-state index is -3.24. The number of rotatable bonds is 4. The van der Waals surface area contributed by atoms with Crippen LogP contribution in [0.3, 0.4) is 0 Å². The number of amides is 1. The van der Waals surface area contributed by atoms with Crippen LogP contribution in [-0.2, 0) is 9.84 Å². The number of hydrogen-bond acceptors (Lipinski definition) is 4. The summed E-state index contributed by atoms with van der Waals surface area (Å²) < 4.78 is 22.9. The number of nitrogens with one attached hydrogen (secondary N) is 1. The Balaban J connectivity index is 2.13. The molecule has 0 saturated carbocycles. The maximum Gasteiger partial charge on any atom is 0.251 e. The van der Waals surface area contributed by atoms with Gasteiger partial charge in [-0.2, -0.15) is 5.26 Å². The van der Waals surface area contributed by atoms with Gasteiger partial charge in [-0.05, 0) is 42.8 Å². The monoisotopic (exact) mass is 328 g/mol. The number of hydrogen-bond donors (Lipinski definition) is 1. The van der Waals surface area contributed by atoms with Crippen LogP contribution < -0.4 is 5.32 Å². The van der Waals surface area contributed by atoms with Gasteiger partial charge in [-0.3, -0.25) is 4.79 Å². The summed E-state index contributed by atoms with van der Waals surface area (Å²) in [5.74, 6) is -0.290. The summed E-state index contributed by atoms with van der Waals surface area (Å²) in [7, 11) is -3.24. The topological polar surface area (TPSA) is 87.0 Å². The van der Waals surface area contributed by atoms with Gasteiger partial charge in [0, 0.05) is 11.8 Å². The van der Waals surface area contributed by atoms with Gasteiger partial charge in [-0.1, -0.05) is 18.2 Å². The van der Waals surface area contributed by atoms with E-state index in [2.05, 4.69) is 5.32 Å². The Bertz CT molecular complexity index is 865. The minimum absolute atomic E-state index is 0.237. The van der Waals surface area contributed by atoms with E-state index in [9.17, 15) is 13.2 Å². The summed E-state index contributed by atoms with van der Waals surface area (Å²) in [4.78, 5) is 12.4. The van der Waals surface area contributed by atoms with Crippen molar-refractivity contribution in [3.63, 3.8) is 0 Å². The molecule has 2 aromatic carbocycles. The van der Waals surface area contributed by atoms with E-state index < -0.39 is 9.84 Å². The summed E-state index contributed by atoms with van der Waals surface area (Å²) in [5.41, 5.74) is 1.62. The molecule has 0 heterocycles. The highest BCUT2D eigenvalue weighted by molar-refractivity contribution is 7.90. The average molecular weight is 328 g/mol. The molecule has 0 radical (unpaired) electrons. The van der Waals surface area contributed by atoms with Crippen LogP contribution in [0.15, 0.2) is 53.4 Å². The maximum atomic E-state index is 12.2. The molecule has 1 amide bonds. The van der Waals surface area contributed by atoms with Crippen LogP contribution >= 0.6 is 0 Å². The zero-order chi connectivity index (χ0) is 17.0. The molecule has 0 unspecified atom stereocenters. The Labute approximate surface area is 135 Å². The lowest BCUT2D eigenvalue weighted by Crippen LogP contribution is -2.26. The van der Waals surface area contributed by atoms with Crippen molar-refractivity contribution in [2.24, 2.45) is 0 Å². The fourth-order valence-corrected chi connectivity index (χ4v) is 2.73. The number of sulfone groups is 1. The van der Waals surface area contributed by atoms with Gasteiger partial charge in [0.2, 0.25) is 0 Å². The first kappa shape index (κ1) is 16.7. The fourth-order valence-electron chi connectivity index (χ4n) is 2.10. The number of benzene rings is 2. The molecule has 23 heavy (non-hydrogen) atoms. The van der Waals surface area contributed by atoms with Crippen LogP contribution in [0.4, 0.5) is 0 Å². The molecule has 0 aliphatic carbocycles. The molecule has 2 rings (SSSR count). The van der Waals surface area contributed by atoms with Crippen molar-refractivity contribution in [1.29, 1.82) is 5.26 Å². The molecule has 6 heteroatoms. The third kappa shape index (κ3) is 4.18. The van der Waals surface area contributed by atoms with Crippen molar-refractivity contribution < 1.29 is 13.2 Å². The summed E-state index contributed by atoms with van der Waals surface area (Å²) in [6, 6.07) is 14.5. The van der Waals surface area contributed by atoms with Crippen molar-refractivity contribution in [1.82, 2.24) is 5.32 Å². The zero-order valence-electron chi connectivity index (χ0n) is 12.8. The smallest absolute Gasteiger partial charge is 0.251 e. The molecule has 0 spiro atoms. The lowest BCUT2D eigenvalue weighted by molar-refractivity contribution is 0.0940. The Kier molecular flexibility index (Phi) is 4.82. The second kappa shape index (κ2) is 6.63. The quantitative estimate of drug-likeness (QED) is 0.934. The number of nitriles is 1. The second-order valence-corrected chi connectivity index (χ2v) is 7.24. The number of carbonyl (C=O) groups is 1. The van der Waals surface area contributed by atoms with E-state index in [1.54, 1.807) is 30.3 Å². The maximum absolute atomic E-state index is 12.2. The molecule has 0 aliphatic rings. The first-order valence-electron chi connectivity index (χ1n) is 6.92. The third-order valence-electron chi connectivity index (χ3n) is 3.41. The zero-order valence-corrected chi connectivity index (χ0v) is 13.6. The highest BCUT2D eigenvalue weighted by Gasteiger charge is 2.13. The van der Waals surface area contributed by atoms with E-state index in [-0.39, 0.29) is 16.8 Å². The predicted octanol–water partition coefficient (Wildman–Crippen LogP) is 2.45. The molecule has 0 saturated heterocycles. The minimum Gasteiger partial charge on any atom is -0.346 e. The third-order valence-corrected chi connectivity index (χ3v) is 4.54. The molecule has 0 aromatic heterocycles. The molecule has 0 aliphatic heterocycles. The first-order valence-corrected chi connectivity index (χ1v) is 8.81. The van der Waals surface area contributed by atoms with Gasteiger partial charge in [0.05, 0.1) is 22.6 Å². The van der Waals surface area contributed by atoms with Gasteiger partial charge >= 0.3 is 0 Å². The van der Waals surface area contributed by atoms with E-state index in [0.717, 1.165) is 11.8 Å². The van der Waals surface area contributed by atoms with Crippen LogP contribution in [0.25, 0.3) is 0 Å². The van der Waals surface area contributed by atoms with Crippen LogP contribution in [0, 0.1) is 11.3 Å². The van der Waals surface area contributed by atoms with E-state index in [4.69, 9.17) is 5.26 Å². The van der Waals surface area contributed by atoms with E-state index in [1.165, 1.54) is 18.2 Å². The highest BCUT2D eigenvalue weighted by atomic mass is 32.2. The van der Waals surface area contributed by atoms with Crippen molar-refractivity contribution in [3.8, 4) is 6.07 Å². The van der Waals surface area contributed by atoms with Crippen LogP contribution in [-0.4, -0.2) is 20.6 Å². The number of nitrogens with zero attached hydrogens (tertiary/aromatic N) is 1. The largest absolute Gasteiger partial charge is 0.346 e. The molecule has 1 atom stereocenters. The van der Waals surface area contributed by atoms with Crippen molar-refractivity contribution >= 4 is 15.7 Å². The predicted molar refractivity (Wildman–Crippen MR) is 86.6 cm³/mol. The van der Waals surface area contributed by atoms with Crippen molar-refractivity contribution in [2.75, 3.05) is 6.26 Å². The van der Waals surface area contributed by atoms with Crippen LogP contribution in [0.1, 0.15) is 34.5 Å². The standard InChI is InChI=1S/C17H16N2O3S/c1-12(14-6-8-16(9-7-14)23(2,21)22)19-17(20)15-5-3-4-13(10-15)11-18/h3-10,12H,1-2H3,(H,19,20)/t12-/m0/s1. The van der Waals surface area contributed by atoms with Gasteiger partial charge in [0.1, 0.15) is 0 Å². The van der Waals surface area contributed by atoms with Gasteiger partial charge in [-0.25, -0.2) is 8.42 Å². The van der Waals surface area contributed by atoms with Gasteiger partial charge < -0.3 is 5.32 Å². The summed E-state index contributed by atoms with van der Waals surface area (Å²) in [5, 5.41) is 11.7. The summed E-state index contributed by atoms with van der Waals surface area (Å²) >= 11 is 0. The van der Waals surface area contributed by atoms with E-state index >= 15 is 0 Å². The Morgan fingerprint density at radius 2 is 1.83 bits per heavy atom. The molecule has 1 N–H and O–H groups in total. The fraction of sp³-hybridized carbons (Fsp3) is 0.176. The summed E-state index contributed by atoms with van der Waals surface area (Å²) in [6.45, 7) is 1.81. The van der Waals surface area contributed by atoms with Gasteiger partial charge in [0.15, 0.2) is 9.84 Å². The molecule has 0 bridgehead atoms. The second-order valence-electron chi connectivity index (χ2n) is 5.23. The Hall–Kier alpha value is -2.65. The molecule has 118 valence electrons. The van der Waals surface area contributed by atoms with Gasteiger partial charge in [-0.15, -0.1) is 0 Å². The Morgan fingerprint density at radius 1 is 1.17 bits per heavy atom. The van der Waals surface area contributed by atoms with E-state index in [0.29, 0.717) is 11.1 Å². The van der Waals surface area contributed by atoms with Crippen molar-refractivity contribution in [3.05, 3.63) is 65.2 Å². The van der Waals surface area contributed by atoms with Gasteiger partial charge in [0.25, 0.3) is 5.91 Å². The molecule has 5 nitrogen and oxygen atoms in total. The average Bonchev–Trinajstić information content (AvgIpc) is 2.54. The summed E-state index contributed by atoms with van der Waals surface area (Å²) in [6.07, 6.45) is 1.15. The lowest BCUT2D eigenvalue weighted by Gasteiger charge is -2.15. The molecular formula is C17H16N2O3S. The lowest BCUT2D eigenvalue weighted by atomic mass is 10.1. The molecule has 2 aromatic rings. The SMILES string of the molecule is C[C@H](NC(=O)c1cccc(C#N)c1)c1ccc(S(C)(=O)=O)cc1. The van der Waals surface area contributed by atoms with Crippen molar-refractivity contribution in [2.45, 2.75) is 17.9 Å². The highest BCUT2D eigenvalue weighted by Crippen LogP contribution is 2.17. The van der Waals surface area contributed by atoms with E-state index in [1.807, 2.05) is 13.0 Å². The first-order chi connectivity index (χ1) is 10.8. The normalized spacial score (nSPS) is 12.2. The van der Waals surface area contributed by atoms with Crippen LogP contribution in [0.2, 0.25) is 0 Å². The molecule has 0 fully saturated rings. The number of carbonyl (C=O) groups excluding carboxylic acids is 1.